The maximum absolute atomic E-state index is 12.8. The molecule has 1 aromatic carbocycles. The average molecular weight is 393 g/mol. The van der Waals surface area contributed by atoms with Gasteiger partial charge in [0.15, 0.2) is 0 Å². The fourth-order valence-corrected chi connectivity index (χ4v) is 4.07. The Labute approximate surface area is 163 Å². The molecule has 1 aliphatic rings. The van der Waals surface area contributed by atoms with E-state index in [2.05, 4.69) is 4.98 Å². The molecule has 6 heteroatoms. The number of piperidine rings is 1. The lowest BCUT2D eigenvalue weighted by molar-refractivity contribution is -0.140. The number of aliphatic hydroxyl groups excluding tert-OH is 1. The zero-order valence-corrected chi connectivity index (χ0v) is 16.1. The third-order valence-corrected chi connectivity index (χ3v) is 5.45. The number of amides is 1. The van der Waals surface area contributed by atoms with E-state index in [1.165, 1.54) is 0 Å². The van der Waals surface area contributed by atoms with Gasteiger partial charge in [0.2, 0.25) is 5.91 Å². The molecule has 26 heavy (non-hydrogen) atoms. The first kappa shape index (κ1) is 19.2. The summed E-state index contributed by atoms with van der Waals surface area (Å²) >= 11 is 12.2. The topological polar surface area (TPSA) is 53.4 Å². The number of carbonyl (C=O) groups is 1. The van der Waals surface area contributed by atoms with Crippen molar-refractivity contribution in [1.29, 1.82) is 0 Å². The number of aliphatic hydroxyl groups is 1. The fourth-order valence-electron chi connectivity index (χ4n) is 3.76. The standard InChI is InChI=1S/C20H22Cl2N2O2/c1-13(9-10-25)24-19(26)8-6-17(14-3-2-4-15(21)11-14)20(24)18-7-5-16(22)12-23-18/h2-5,7,11-13,17,20,25H,6,8-10H2,1H3/t13-,17+,20-/m0/s1. The van der Waals surface area contributed by atoms with E-state index in [9.17, 15) is 9.90 Å². The van der Waals surface area contributed by atoms with Gasteiger partial charge in [0.25, 0.3) is 0 Å². The van der Waals surface area contributed by atoms with Crippen molar-refractivity contribution in [2.45, 2.75) is 44.2 Å². The van der Waals surface area contributed by atoms with E-state index >= 15 is 0 Å². The van der Waals surface area contributed by atoms with Crippen LogP contribution in [-0.4, -0.2) is 33.5 Å². The van der Waals surface area contributed by atoms with Crippen molar-refractivity contribution in [3.05, 3.63) is 63.9 Å². The summed E-state index contributed by atoms with van der Waals surface area (Å²) in [5.41, 5.74) is 1.89. The first-order valence-electron chi connectivity index (χ1n) is 8.80. The number of likely N-dealkylation sites (tertiary alicyclic amines) is 1. The van der Waals surface area contributed by atoms with Crippen LogP contribution in [-0.2, 0) is 4.79 Å². The van der Waals surface area contributed by atoms with Crippen molar-refractivity contribution >= 4 is 29.1 Å². The highest BCUT2D eigenvalue weighted by atomic mass is 35.5. The van der Waals surface area contributed by atoms with Crippen molar-refractivity contribution in [3.8, 4) is 0 Å². The Bertz CT molecular complexity index is 767. The van der Waals surface area contributed by atoms with Gasteiger partial charge >= 0.3 is 0 Å². The number of benzene rings is 1. The summed E-state index contributed by atoms with van der Waals surface area (Å²) < 4.78 is 0. The molecule has 3 atom stereocenters. The van der Waals surface area contributed by atoms with E-state index in [0.717, 1.165) is 17.7 Å². The van der Waals surface area contributed by atoms with Gasteiger partial charge in [0.1, 0.15) is 0 Å². The van der Waals surface area contributed by atoms with E-state index in [1.807, 2.05) is 42.2 Å². The van der Waals surface area contributed by atoms with Crippen LogP contribution in [0.2, 0.25) is 10.0 Å². The van der Waals surface area contributed by atoms with Crippen molar-refractivity contribution in [3.63, 3.8) is 0 Å². The SMILES string of the molecule is C[C@@H](CCO)N1C(=O)CC[C@H](c2cccc(Cl)c2)[C@H]1c1ccc(Cl)cn1. The minimum Gasteiger partial charge on any atom is -0.396 e. The van der Waals surface area contributed by atoms with Crippen LogP contribution in [0.15, 0.2) is 42.6 Å². The van der Waals surface area contributed by atoms with Crippen molar-refractivity contribution < 1.29 is 9.90 Å². The summed E-state index contributed by atoms with van der Waals surface area (Å²) in [4.78, 5) is 19.2. The van der Waals surface area contributed by atoms with E-state index in [0.29, 0.717) is 22.9 Å². The molecular formula is C20H22Cl2N2O2. The number of aromatic nitrogens is 1. The monoisotopic (exact) mass is 392 g/mol. The van der Waals surface area contributed by atoms with Crippen molar-refractivity contribution in [2.24, 2.45) is 0 Å². The van der Waals surface area contributed by atoms with Crippen molar-refractivity contribution in [2.75, 3.05) is 6.61 Å². The minimum absolute atomic E-state index is 0.0353. The van der Waals surface area contributed by atoms with Crippen LogP contribution in [0.4, 0.5) is 0 Å². The number of rotatable bonds is 5. The van der Waals surface area contributed by atoms with Crippen LogP contribution in [0, 0.1) is 0 Å². The molecule has 0 saturated carbocycles. The van der Waals surface area contributed by atoms with Crippen LogP contribution in [0.25, 0.3) is 0 Å². The molecule has 1 amide bonds. The molecule has 1 saturated heterocycles. The van der Waals surface area contributed by atoms with Gasteiger partial charge in [-0.2, -0.15) is 0 Å². The number of carbonyl (C=O) groups excluding carboxylic acids is 1. The maximum atomic E-state index is 12.8. The molecule has 138 valence electrons. The number of hydrogen-bond acceptors (Lipinski definition) is 3. The molecular weight excluding hydrogens is 371 g/mol. The van der Waals surface area contributed by atoms with Gasteiger partial charge in [-0.1, -0.05) is 35.3 Å². The molecule has 4 nitrogen and oxygen atoms in total. The molecule has 1 fully saturated rings. The van der Waals surface area contributed by atoms with E-state index in [-0.39, 0.29) is 30.5 Å². The van der Waals surface area contributed by atoms with Gasteiger partial charge in [0.05, 0.1) is 16.8 Å². The third-order valence-electron chi connectivity index (χ3n) is 4.99. The molecule has 0 aliphatic carbocycles. The Hall–Kier alpha value is -1.62. The van der Waals surface area contributed by atoms with E-state index < -0.39 is 0 Å². The fraction of sp³-hybridized carbons (Fsp3) is 0.400. The molecule has 1 N–H and O–H groups in total. The van der Waals surface area contributed by atoms with Crippen molar-refractivity contribution in [1.82, 2.24) is 9.88 Å². The Morgan fingerprint density at radius 1 is 1.27 bits per heavy atom. The second kappa shape index (κ2) is 8.38. The first-order chi connectivity index (χ1) is 12.5. The summed E-state index contributed by atoms with van der Waals surface area (Å²) in [5, 5.41) is 10.6. The molecule has 0 bridgehead atoms. The highest BCUT2D eigenvalue weighted by Crippen LogP contribution is 2.44. The number of halogens is 2. The van der Waals surface area contributed by atoms with Gasteiger partial charge in [-0.15, -0.1) is 0 Å². The lowest BCUT2D eigenvalue weighted by atomic mass is 9.80. The van der Waals surface area contributed by atoms with Gasteiger partial charge < -0.3 is 10.0 Å². The normalized spacial score (nSPS) is 21.7. The lowest BCUT2D eigenvalue weighted by Crippen LogP contribution is -2.47. The van der Waals surface area contributed by atoms with E-state index in [1.54, 1.807) is 12.3 Å². The summed E-state index contributed by atoms with van der Waals surface area (Å²) in [7, 11) is 0. The van der Waals surface area contributed by atoms with Gasteiger partial charge in [0, 0.05) is 36.2 Å². The van der Waals surface area contributed by atoms with E-state index in [4.69, 9.17) is 23.2 Å². The highest BCUT2D eigenvalue weighted by Gasteiger charge is 2.40. The Kier molecular flexibility index (Phi) is 6.17. The first-order valence-corrected chi connectivity index (χ1v) is 9.55. The predicted octanol–water partition coefficient (Wildman–Crippen LogP) is 4.61. The highest BCUT2D eigenvalue weighted by molar-refractivity contribution is 6.30. The van der Waals surface area contributed by atoms with Gasteiger partial charge in [-0.05, 0) is 49.6 Å². The zero-order chi connectivity index (χ0) is 18.7. The summed E-state index contributed by atoms with van der Waals surface area (Å²) in [6.45, 7) is 2.00. The van der Waals surface area contributed by atoms with Crippen LogP contribution >= 0.6 is 23.2 Å². The smallest absolute Gasteiger partial charge is 0.223 e. The Morgan fingerprint density at radius 2 is 2.08 bits per heavy atom. The molecule has 0 radical (unpaired) electrons. The lowest BCUT2D eigenvalue weighted by Gasteiger charge is -2.44. The third kappa shape index (κ3) is 4.03. The van der Waals surface area contributed by atoms with Crippen LogP contribution < -0.4 is 0 Å². The average Bonchev–Trinajstić information content (AvgIpc) is 2.62. The summed E-state index contributed by atoms with van der Waals surface area (Å²) in [6, 6.07) is 11.2. The molecule has 3 rings (SSSR count). The number of hydrogen-bond donors (Lipinski definition) is 1. The van der Waals surface area contributed by atoms with Crippen LogP contribution in [0.1, 0.15) is 49.4 Å². The molecule has 0 unspecified atom stereocenters. The minimum atomic E-state index is -0.214. The molecule has 1 aliphatic heterocycles. The predicted molar refractivity (Wildman–Crippen MR) is 103 cm³/mol. The van der Waals surface area contributed by atoms with Gasteiger partial charge in [-0.25, -0.2) is 0 Å². The Morgan fingerprint density at radius 3 is 2.73 bits per heavy atom. The quantitative estimate of drug-likeness (QED) is 0.808. The summed E-state index contributed by atoms with van der Waals surface area (Å²) in [5.74, 6) is 0.173. The molecule has 2 aromatic rings. The zero-order valence-electron chi connectivity index (χ0n) is 14.6. The molecule has 1 aromatic heterocycles. The van der Waals surface area contributed by atoms with Crippen LogP contribution in [0.5, 0.6) is 0 Å². The largest absolute Gasteiger partial charge is 0.396 e. The maximum Gasteiger partial charge on any atom is 0.223 e. The number of pyridine rings is 1. The second-order valence-corrected chi connectivity index (χ2v) is 7.58. The molecule has 2 heterocycles. The Balaban J connectivity index is 2.07. The number of nitrogens with zero attached hydrogens (tertiary/aromatic N) is 2. The molecule has 0 spiro atoms. The summed E-state index contributed by atoms with van der Waals surface area (Å²) in [6.07, 6.45) is 3.34. The van der Waals surface area contributed by atoms with Gasteiger partial charge in [-0.3, -0.25) is 9.78 Å². The second-order valence-electron chi connectivity index (χ2n) is 6.71. The van der Waals surface area contributed by atoms with Crippen LogP contribution in [0.3, 0.4) is 0 Å².